The summed E-state index contributed by atoms with van der Waals surface area (Å²) in [6, 6.07) is 15.3. The van der Waals surface area contributed by atoms with E-state index in [-0.39, 0.29) is 24.5 Å². The second-order valence-corrected chi connectivity index (χ2v) is 6.48. The number of nitrogens with one attached hydrogen (secondary N) is 2. The third-order valence-corrected chi connectivity index (χ3v) is 4.14. The van der Waals surface area contributed by atoms with Gasteiger partial charge in [0.15, 0.2) is 6.61 Å². The Labute approximate surface area is 147 Å². The molecule has 0 saturated carbocycles. The van der Waals surface area contributed by atoms with Crippen LogP contribution in [0.5, 0.6) is 5.75 Å². The summed E-state index contributed by atoms with van der Waals surface area (Å²) in [5.74, 6) is 1.52. The smallest absolute Gasteiger partial charge is 0.258 e. The van der Waals surface area contributed by atoms with Crippen LogP contribution in [0.3, 0.4) is 0 Å². The van der Waals surface area contributed by atoms with E-state index >= 15 is 0 Å². The first-order valence-electron chi connectivity index (χ1n) is 8.47. The van der Waals surface area contributed by atoms with E-state index in [4.69, 9.17) is 4.74 Å². The van der Waals surface area contributed by atoms with E-state index in [1.807, 2.05) is 55.5 Å². The van der Waals surface area contributed by atoms with Crippen molar-refractivity contribution in [2.75, 3.05) is 6.61 Å². The number of carbonyl (C=O) groups is 1. The molecule has 3 rings (SSSR count). The Morgan fingerprint density at radius 1 is 1.16 bits per heavy atom. The van der Waals surface area contributed by atoms with Crippen molar-refractivity contribution >= 4 is 16.9 Å². The number of rotatable bonds is 6. The van der Waals surface area contributed by atoms with Gasteiger partial charge < -0.3 is 15.0 Å². The number of carbonyl (C=O) groups excluding carboxylic acids is 1. The number of ether oxygens (including phenoxy) is 1. The number of fused-ring (bicyclic) bond motifs is 1. The van der Waals surface area contributed by atoms with Crippen LogP contribution in [0.2, 0.25) is 0 Å². The molecule has 0 aliphatic heterocycles. The molecule has 0 radical (unpaired) electrons. The lowest BCUT2D eigenvalue weighted by Gasteiger charge is -2.20. The normalized spacial score (nSPS) is 12.3. The quantitative estimate of drug-likeness (QED) is 0.719. The van der Waals surface area contributed by atoms with Gasteiger partial charge in [-0.3, -0.25) is 4.79 Å². The van der Waals surface area contributed by atoms with Crippen LogP contribution in [0.15, 0.2) is 48.5 Å². The molecule has 25 heavy (non-hydrogen) atoms. The largest absolute Gasteiger partial charge is 0.484 e. The number of aryl methyl sites for hydroxylation is 1. The maximum atomic E-state index is 12.4. The van der Waals surface area contributed by atoms with Crippen molar-refractivity contribution < 1.29 is 9.53 Å². The highest BCUT2D eigenvalue weighted by atomic mass is 16.5. The first-order chi connectivity index (χ1) is 12.0. The second-order valence-electron chi connectivity index (χ2n) is 6.48. The Kier molecular flexibility index (Phi) is 5.03. The van der Waals surface area contributed by atoms with Crippen molar-refractivity contribution in [1.82, 2.24) is 15.3 Å². The van der Waals surface area contributed by atoms with Gasteiger partial charge in [-0.05, 0) is 36.6 Å². The van der Waals surface area contributed by atoms with Gasteiger partial charge in [-0.25, -0.2) is 4.98 Å². The second kappa shape index (κ2) is 7.38. The summed E-state index contributed by atoms with van der Waals surface area (Å²) < 4.78 is 5.63. The van der Waals surface area contributed by atoms with Crippen LogP contribution >= 0.6 is 0 Å². The van der Waals surface area contributed by atoms with Crippen LogP contribution in [0.4, 0.5) is 0 Å². The van der Waals surface area contributed by atoms with E-state index < -0.39 is 0 Å². The highest BCUT2D eigenvalue weighted by Crippen LogP contribution is 2.22. The zero-order valence-corrected chi connectivity index (χ0v) is 14.7. The van der Waals surface area contributed by atoms with Crippen molar-refractivity contribution in [3.8, 4) is 5.75 Å². The van der Waals surface area contributed by atoms with Crippen molar-refractivity contribution in [2.24, 2.45) is 5.92 Å². The lowest BCUT2D eigenvalue weighted by atomic mass is 10.0. The number of amides is 1. The number of hydrogen-bond acceptors (Lipinski definition) is 3. The molecule has 1 atom stereocenters. The Morgan fingerprint density at radius 2 is 1.88 bits per heavy atom. The number of nitrogens with zero attached hydrogens (tertiary/aromatic N) is 1. The number of H-pyrrole nitrogens is 1. The summed E-state index contributed by atoms with van der Waals surface area (Å²) >= 11 is 0. The third-order valence-electron chi connectivity index (χ3n) is 4.14. The molecule has 2 N–H and O–H groups in total. The zero-order chi connectivity index (χ0) is 17.8. The molecule has 1 amide bonds. The number of aromatic nitrogens is 2. The first-order valence-corrected chi connectivity index (χ1v) is 8.47. The Bertz CT molecular complexity index is 837. The van der Waals surface area contributed by atoms with Gasteiger partial charge in [0, 0.05) is 0 Å². The van der Waals surface area contributed by atoms with Crippen LogP contribution in [-0.4, -0.2) is 22.5 Å². The fourth-order valence-corrected chi connectivity index (χ4v) is 2.75. The van der Waals surface area contributed by atoms with Crippen LogP contribution in [-0.2, 0) is 4.79 Å². The number of aromatic amines is 1. The summed E-state index contributed by atoms with van der Waals surface area (Å²) in [5, 5.41) is 3.03. The third kappa shape index (κ3) is 3.99. The maximum Gasteiger partial charge on any atom is 0.258 e. The topological polar surface area (TPSA) is 67.0 Å². The maximum absolute atomic E-state index is 12.4. The van der Waals surface area contributed by atoms with Gasteiger partial charge in [-0.1, -0.05) is 44.2 Å². The standard InChI is InChI=1S/C20H23N3O2/c1-13(2)19(20-21-15-9-5-6-10-16(15)22-20)23-18(24)12-25-17-11-7-4-8-14(17)3/h4-11,13,19H,12H2,1-3H3,(H,21,22)(H,23,24)/t19-/m0/s1. The average Bonchev–Trinajstić information content (AvgIpc) is 3.02. The lowest BCUT2D eigenvalue weighted by Crippen LogP contribution is -2.35. The minimum Gasteiger partial charge on any atom is -0.484 e. The SMILES string of the molecule is Cc1ccccc1OCC(=O)N[C@H](c1nc2ccccc2[nH]1)C(C)C. The number of benzene rings is 2. The monoisotopic (exact) mass is 337 g/mol. The lowest BCUT2D eigenvalue weighted by molar-refractivity contribution is -0.124. The van der Waals surface area contributed by atoms with Crippen LogP contribution in [0.25, 0.3) is 11.0 Å². The number of imidazole rings is 1. The van der Waals surface area contributed by atoms with Crippen molar-refractivity contribution in [1.29, 1.82) is 0 Å². The molecular weight excluding hydrogens is 314 g/mol. The Hall–Kier alpha value is -2.82. The van der Waals surface area contributed by atoms with Gasteiger partial charge in [0.25, 0.3) is 5.91 Å². The molecule has 1 aromatic heterocycles. The molecule has 130 valence electrons. The number of hydrogen-bond donors (Lipinski definition) is 2. The highest BCUT2D eigenvalue weighted by molar-refractivity contribution is 5.78. The van der Waals surface area contributed by atoms with Gasteiger partial charge in [0.2, 0.25) is 0 Å². The first kappa shape index (κ1) is 17.0. The van der Waals surface area contributed by atoms with Gasteiger partial charge in [0.1, 0.15) is 11.6 Å². The Morgan fingerprint density at radius 3 is 2.60 bits per heavy atom. The van der Waals surface area contributed by atoms with Crippen LogP contribution < -0.4 is 10.1 Å². The molecule has 3 aromatic rings. The summed E-state index contributed by atoms with van der Waals surface area (Å²) in [4.78, 5) is 20.3. The summed E-state index contributed by atoms with van der Waals surface area (Å²) in [6.45, 7) is 6.05. The van der Waals surface area contributed by atoms with Crippen LogP contribution in [0.1, 0.15) is 31.3 Å². The molecular formula is C20H23N3O2. The summed E-state index contributed by atoms with van der Waals surface area (Å²) in [5.41, 5.74) is 2.87. The molecule has 0 unspecified atom stereocenters. The van der Waals surface area contributed by atoms with E-state index in [1.165, 1.54) is 0 Å². The Balaban J connectivity index is 1.69. The molecule has 0 fully saturated rings. The van der Waals surface area contributed by atoms with Crippen molar-refractivity contribution in [3.63, 3.8) is 0 Å². The molecule has 1 heterocycles. The fourth-order valence-electron chi connectivity index (χ4n) is 2.75. The molecule has 0 aliphatic rings. The highest BCUT2D eigenvalue weighted by Gasteiger charge is 2.22. The summed E-state index contributed by atoms with van der Waals surface area (Å²) in [6.07, 6.45) is 0. The number of para-hydroxylation sites is 3. The molecule has 0 bridgehead atoms. The minimum absolute atomic E-state index is 0.0195. The van der Waals surface area contributed by atoms with Crippen molar-refractivity contribution in [3.05, 3.63) is 59.9 Å². The van der Waals surface area contributed by atoms with Crippen LogP contribution in [0, 0.1) is 12.8 Å². The molecule has 5 heteroatoms. The van der Waals surface area contributed by atoms with Gasteiger partial charge >= 0.3 is 0 Å². The molecule has 2 aromatic carbocycles. The fraction of sp³-hybridized carbons (Fsp3) is 0.300. The average molecular weight is 337 g/mol. The van der Waals surface area contributed by atoms with Gasteiger partial charge in [-0.2, -0.15) is 0 Å². The minimum atomic E-state index is -0.194. The molecule has 5 nitrogen and oxygen atoms in total. The predicted molar refractivity (Wildman–Crippen MR) is 98.5 cm³/mol. The molecule has 0 aliphatic carbocycles. The van der Waals surface area contributed by atoms with Gasteiger partial charge in [-0.15, -0.1) is 0 Å². The van der Waals surface area contributed by atoms with E-state index in [1.54, 1.807) is 0 Å². The van der Waals surface area contributed by atoms with E-state index in [2.05, 4.69) is 29.1 Å². The molecule has 0 saturated heterocycles. The van der Waals surface area contributed by atoms with E-state index in [0.29, 0.717) is 0 Å². The van der Waals surface area contributed by atoms with E-state index in [9.17, 15) is 4.79 Å². The molecule has 0 spiro atoms. The van der Waals surface area contributed by atoms with Crippen molar-refractivity contribution in [2.45, 2.75) is 26.8 Å². The van der Waals surface area contributed by atoms with Gasteiger partial charge in [0.05, 0.1) is 17.1 Å². The summed E-state index contributed by atoms with van der Waals surface area (Å²) in [7, 11) is 0. The zero-order valence-electron chi connectivity index (χ0n) is 14.7. The van der Waals surface area contributed by atoms with E-state index in [0.717, 1.165) is 28.2 Å². The predicted octanol–water partition coefficient (Wildman–Crippen LogP) is 3.76.